The number of carbonyl (C=O) groups excluding carboxylic acids is 1. The summed E-state index contributed by atoms with van der Waals surface area (Å²) in [7, 11) is 1.32. The van der Waals surface area contributed by atoms with Gasteiger partial charge in [0, 0.05) is 17.3 Å². The van der Waals surface area contributed by atoms with Crippen LogP contribution in [0.5, 0.6) is 0 Å². The fourth-order valence-corrected chi connectivity index (χ4v) is 1.27. The van der Waals surface area contributed by atoms with Gasteiger partial charge in [-0.1, -0.05) is 0 Å². The summed E-state index contributed by atoms with van der Waals surface area (Å²) in [4.78, 5) is 18.0. The number of methoxy groups -OCH3 is 1. The lowest BCUT2D eigenvalue weighted by Gasteiger charge is -1.91. The molecule has 14 heavy (non-hydrogen) atoms. The number of carbonyl (C=O) groups is 1. The van der Waals surface area contributed by atoms with Gasteiger partial charge in [0.25, 0.3) is 0 Å². The molecule has 0 aromatic carbocycles. The normalized spacial score (nSPS) is 10.4. The van der Waals surface area contributed by atoms with Gasteiger partial charge in [0.15, 0.2) is 0 Å². The second-order valence-corrected chi connectivity index (χ2v) is 2.84. The lowest BCUT2D eigenvalue weighted by Crippen LogP contribution is -2.00. The zero-order chi connectivity index (χ0) is 10.1. The molecule has 0 saturated carbocycles. The van der Waals surface area contributed by atoms with Crippen LogP contribution in [-0.4, -0.2) is 23.0 Å². The van der Waals surface area contributed by atoms with E-state index in [1.807, 2.05) is 0 Å². The Morgan fingerprint density at radius 1 is 1.64 bits per heavy atom. The molecule has 0 aliphatic rings. The number of aromatic amines is 1. The van der Waals surface area contributed by atoms with Crippen molar-refractivity contribution in [3.63, 3.8) is 0 Å². The molecular weight excluding hydrogens is 182 g/mol. The summed E-state index contributed by atoms with van der Waals surface area (Å²) < 4.78 is 4.57. The molecule has 0 aliphatic carbocycles. The van der Waals surface area contributed by atoms with Gasteiger partial charge in [-0.05, 0) is 12.1 Å². The van der Waals surface area contributed by atoms with E-state index in [0.29, 0.717) is 17.0 Å². The van der Waals surface area contributed by atoms with Crippen LogP contribution in [0.3, 0.4) is 0 Å². The quantitative estimate of drug-likeness (QED) is 0.657. The summed E-state index contributed by atoms with van der Waals surface area (Å²) in [5.41, 5.74) is 7.23. The van der Waals surface area contributed by atoms with E-state index in [1.54, 1.807) is 18.3 Å². The smallest absolute Gasteiger partial charge is 0.354 e. The SMILES string of the molecule is COC(=O)c1cc2c(N)ccnc2[nH]1. The number of hydrogen-bond acceptors (Lipinski definition) is 4. The summed E-state index contributed by atoms with van der Waals surface area (Å²) in [6.45, 7) is 0. The number of nitrogens with one attached hydrogen (secondary N) is 1. The predicted molar refractivity (Wildman–Crippen MR) is 51.8 cm³/mol. The summed E-state index contributed by atoms with van der Waals surface area (Å²) in [5, 5.41) is 0.730. The van der Waals surface area contributed by atoms with Crippen molar-refractivity contribution in [2.45, 2.75) is 0 Å². The molecule has 0 atom stereocenters. The minimum atomic E-state index is -0.428. The topological polar surface area (TPSA) is 81.0 Å². The lowest BCUT2D eigenvalue weighted by molar-refractivity contribution is 0.0595. The van der Waals surface area contributed by atoms with Gasteiger partial charge in [0.2, 0.25) is 0 Å². The van der Waals surface area contributed by atoms with Crippen molar-refractivity contribution in [3.05, 3.63) is 24.0 Å². The van der Waals surface area contributed by atoms with Crippen molar-refractivity contribution in [2.75, 3.05) is 12.8 Å². The van der Waals surface area contributed by atoms with E-state index in [2.05, 4.69) is 14.7 Å². The molecule has 2 aromatic heterocycles. The molecule has 3 N–H and O–H groups in total. The van der Waals surface area contributed by atoms with Crippen molar-refractivity contribution in [2.24, 2.45) is 0 Å². The summed E-state index contributed by atoms with van der Waals surface area (Å²) in [6, 6.07) is 3.31. The van der Waals surface area contributed by atoms with Crippen LogP contribution in [-0.2, 0) is 4.74 Å². The number of esters is 1. The highest BCUT2D eigenvalue weighted by Crippen LogP contribution is 2.19. The third-order valence-corrected chi connectivity index (χ3v) is 1.97. The summed E-state index contributed by atoms with van der Waals surface area (Å²) in [5.74, 6) is -0.428. The monoisotopic (exact) mass is 191 g/mol. The number of pyridine rings is 1. The third kappa shape index (κ3) is 1.19. The fourth-order valence-electron chi connectivity index (χ4n) is 1.27. The van der Waals surface area contributed by atoms with Gasteiger partial charge in [-0.15, -0.1) is 0 Å². The number of nitrogens with zero attached hydrogens (tertiary/aromatic N) is 1. The molecule has 2 rings (SSSR count). The van der Waals surface area contributed by atoms with Crippen LogP contribution in [0.4, 0.5) is 5.69 Å². The van der Waals surface area contributed by atoms with Gasteiger partial charge in [-0.2, -0.15) is 0 Å². The van der Waals surface area contributed by atoms with Crippen LogP contribution in [0.2, 0.25) is 0 Å². The molecule has 0 radical (unpaired) electrons. The molecule has 72 valence electrons. The third-order valence-electron chi connectivity index (χ3n) is 1.97. The van der Waals surface area contributed by atoms with Crippen LogP contribution in [0.15, 0.2) is 18.3 Å². The molecule has 0 fully saturated rings. The molecule has 0 saturated heterocycles. The number of nitrogens with two attached hydrogens (primary N) is 1. The fraction of sp³-hybridized carbons (Fsp3) is 0.111. The van der Waals surface area contributed by atoms with Gasteiger partial charge in [0.05, 0.1) is 7.11 Å². The van der Waals surface area contributed by atoms with E-state index in [0.717, 1.165) is 5.39 Å². The van der Waals surface area contributed by atoms with Gasteiger partial charge in [0.1, 0.15) is 11.3 Å². The maximum absolute atomic E-state index is 11.2. The first kappa shape index (κ1) is 8.55. The first-order valence-electron chi connectivity index (χ1n) is 4.04. The second kappa shape index (κ2) is 3.02. The predicted octanol–water partition coefficient (Wildman–Crippen LogP) is 0.932. The Morgan fingerprint density at radius 3 is 3.07 bits per heavy atom. The van der Waals surface area contributed by atoms with Crippen LogP contribution in [0.25, 0.3) is 11.0 Å². The van der Waals surface area contributed by atoms with Gasteiger partial charge >= 0.3 is 5.97 Å². The van der Waals surface area contributed by atoms with Crippen molar-refractivity contribution in [1.82, 2.24) is 9.97 Å². The number of hydrogen-bond donors (Lipinski definition) is 2. The average molecular weight is 191 g/mol. The number of aromatic nitrogens is 2. The van der Waals surface area contributed by atoms with E-state index in [-0.39, 0.29) is 0 Å². The van der Waals surface area contributed by atoms with E-state index in [1.165, 1.54) is 7.11 Å². The van der Waals surface area contributed by atoms with E-state index < -0.39 is 5.97 Å². The average Bonchev–Trinajstić information content (AvgIpc) is 2.62. The zero-order valence-corrected chi connectivity index (χ0v) is 7.57. The molecule has 0 aliphatic heterocycles. The number of ether oxygens (including phenoxy) is 1. The lowest BCUT2D eigenvalue weighted by atomic mass is 10.3. The maximum Gasteiger partial charge on any atom is 0.354 e. The Bertz CT molecular complexity index is 490. The van der Waals surface area contributed by atoms with Crippen LogP contribution < -0.4 is 5.73 Å². The van der Waals surface area contributed by atoms with E-state index in [4.69, 9.17) is 5.73 Å². The number of anilines is 1. The number of nitrogen functional groups attached to an aromatic ring is 1. The van der Waals surface area contributed by atoms with Crippen molar-refractivity contribution in [3.8, 4) is 0 Å². The molecule has 0 spiro atoms. The molecular formula is C9H9N3O2. The Balaban J connectivity index is 2.62. The second-order valence-electron chi connectivity index (χ2n) is 2.84. The number of rotatable bonds is 1. The van der Waals surface area contributed by atoms with E-state index >= 15 is 0 Å². The standard InChI is InChI=1S/C9H9N3O2/c1-14-9(13)7-4-5-6(10)2-3-11-8(5)12-7/h2-4H,1H3,(H3,10,11,12). The van der Waals surface area contributed by atoms with Crippen molar-refractivity contribution >= 4 is 22.7 Å². The molecule has 0 bridgehead atoms. The molecule has 5 heteroatoms. The van der Waals surface area contributed by atoms with Crippen LogP contribution in [0.1, 0.15) is 10.5 Å². The molecule has 2 heterocycles. The molecule has 0 amide bonds. The van der Waals surface area contributed by atoms with Crippen molar-refractivity contribution < 1.29 is 9.53 Å². The Morgan fingerprint density at radius 2 is 2.43 bits per heavy atom. The van der Waals surface area contributed by atoms with Crippen molar-refractivity contribution in [1.29, 1.82) is 0 Å². The highest BCUT2D eigenvalue weighted by molar-refractivity contribution is 5.97. The van der Waals surface area contributed by atoms with Gasteiger partial charge in [-0.3, -0.25) is 0 Å². The number of fused-ring (bicyclic) bond motifs is 1. The first-order valence-corrected chi connectivity index (χ1v) is 4.04. The minimum absolute atomic E-state index is 0.355. The molecule has 0 unspecified atom stereocenters. The minimum Gasteiger partial charge on any atom is -0.464 e. The van der Waals surface area contributed by atoms with E-state index in [9.17, 15) is 4.79 Å². The van der Waals surface area contributed by atoms with Gasteiger partial charge < -0.3 is 15.5 Å². The molecule has 2 aromatic rings. The largest absolute Gasteiger partial charge is 0.464 e. The molecule has 5 nitrogen and oxygen atoms in total. The Kier molecular flexibility index (Phi) is 1.85. The highest BCUT2D eigenvalue weighted by atomic mass is 16.5. The summed E-state index contributed by atoms with van der Waals surface area (Å²) >= 11 is 0. The number of H-pyrrole nitrogens is 1. The first-order chi connectivity index (χ1) is 6.72. The Labute approximate surface area is 79.9 Å². The van der Waals surface area contributed by atoms with Gasteiger partial charge in [-0.25, -0.2) is 9.78 Å². The van der Waals surface area contributed by atoms with Crippen LogP contribution >= 0.6 is 0 Å². The zero-order valence-electron chi connectivity index (χ0n) is 7.57. The Hall–Kier alpha value is -2.04. The maximum atomic E-state index is 11.2. The summed E-state index contributed by atoms with van der Waals surface area (Å²) in [6.07, 6.45) is 1.58. The van der Waals surface area contributed by atoms with Crippen LogP contribution in [0, 0.1) is 0 Å². The highest BCUT2D eigenvalue weighted by Gasteiger charge is 2.10.